The Balaban J connectivity index is 0.000000487. The van der Waals surface area contributed by atoms with Gasteiger partial charge in [0.15, 0.2) is 0 Å². The predicted octanol–water partition coefficient (Wildman–Crippen LogP) is 0.394. The molecule has 16 heavy (non-hydrogen) atoms. The van der Waals surface area contributed by atoms with Crippen LogP contribution in [0.2, 0.25) is 0 Å². The van der Waals surface area contributed by atoms with Crippen LogP contribution in [0.15, 0.2) is 0 Å². The third-order valence-electron chi connectivity index (χ3n) is 2.87. The lowest BCUT2D eigenvalue weighted by molar-refractivity contribution is -0.140. The van der Waals surface area contributed by atoms with Crippen LogP contribution >= 0.6 is 0 Å². The molecule has 6 heteroatoms. The molecule has 1 saturated carbocycles. The van der Waals surface area contributed by atoms with Crippen molar-refractivity contribution in [2.24, 2.45) is 22.6 Å². The van der Waals surface area contributed by atoms with Crippen LogP contribution in [0.3, 0.4) is 0 Å². The molecule has 6 nitrogen and oxygen atoms in total. The SMILES string of the molecule is NC(N)=O.NCC1(CC(=O)O)CCCCC1. The van der Waals surface area contributed by atoms with Gasteiger partial charge >= 0.3 is 12.0 Å². The van der Waals surface area contributed by atoms with Crippen LogP contribution in [0.25, 0.3) is 0 Å². The molecule has 0 aromatic carbocycles. The van der Waals surface area contributed by atoms with Gasteiger partial charge in [0.1, 0.15) is 0 Å². The number of carboxylic acids is 1. The van der Waals surface area contributed by atoms with Crippen LogP contribution in [0.1, 0.15) is 38.5 Å². The first-order valence-corrected chi connectivity index (χ1v) is 5.39. The number of urea groups is 1. The molecule has 0 saturated heterocycles. The van der Waals surface area contributed by atoms with Crippen molar-refractivity contribution in [1.29, 1.82) is 0 Å². The zero-order valence-corrected chi connectivity index (χ0v) is 9.45. The average molecular weight is 231 g/mol. The molecule has 0 aliphatic heterocycles. The summed E-state index contributed by atoms with van der Waals surface area (Å²) in [6.45, 7) is 0.527. The van der Waals surface area contributed by atoms with Crippen molar-refractivity contribution in [2.75, 3.05) is 6.54 Å². The quantitative estimate of drug-likeness (QED) is 0.559. The fourth-order valence-corrected chi connectivity index (χ4v) is 2.08. The Morgan fingerprint density at radius 2 is 1.56 bits per heavy atom. The first-order valence-electron chi connectivity index (χ1n) is 5.39. The van der Waals surface area contributed by atoms with Gasteiger partial charge in [-0.2, -0.15) is 0 Å². The largest absolute Gasteiger partial charge is 0.481 e. The van der Waals surface area contributed by atoms with Gasteiger partial charge in [-0.3, -0.25) is 4.79 Å². The summed E-state index contributed by atoms with van der Waals surface area (Å²) in [6, 6.07) is -0.833. The van der Waals surface area contributed by atoms with Crippen molar-refractivity contribution >= 4 is 12.0 Å². The summed E-state index contributed by atoms with van der Waals surface area (Å²) in [7, 11) is 0. The third kappa shape index (κ3) is 6.23. The highest BCUT2D eigenvalue weighted by atomic mass is 16.4. The molecule has 0 aromatic rings. The number of carbonyl (C=O) groups is 2. The Kier molecular flexibility index (Phi) is 6.48. The minimum Gasteiger partial charge on any atom is -0.481 e. The molecule has 1 aliphatic carbocycles. The molecular formula is C10H21N3O3. The minimum absolute atomic E-state index is 0.0793. The summed E-state index contributed by atoms with van der Waals surface area (Å²) in [5.41, 5.74) is 14.0. The number of carboxylic acid groups (broad SMARTS) is 1. The smallest absolute Gasteiger partial charge is 0.309 e. The topological polar surface area (TPSA) is 132 Å². The van der Waals surface area contributed by atoms with Crippen LogP contribution in [0.5, 0.6) is 0 Å². The molecule has 1 rings (SSSR count). The first kappa shape index (κ1) is 14.7. The van der Waals surface area contributed by atoms with Crippen molar-refractivity contribution < 1.29 is 14.7 Å². The van der Waals surface area contributed by atoms with E-state index in [2.05, 4.69) is 11.5 Å². The molecule has 0 radical (unpaired) electrons. The number of carbonyl (C=O) groups excluding carboxylic acids is 1. The Bertz CT molecular complexity index is 233. The molecular weight excluding hydrogens is 210 g/mol. The maximum absolute atomic E-state index is 10.6. The number of primary amides is 2. The molecule has 1 aliphatic rings. The fourth-order valence-electron chi connectivity index (χ4n) is 2.08. The van der Waals surface area contributed by atoms with E-state index in [4.69, 9.17) is 15.6 Å². The van der Waals surface area contributed by atoms with Crippen LogP contribution in [0.4, 0.5) is 4.79 Å². The van der Waals surface area contributed by atoms with Crippen molar-refractivity contribution in [3.8, 4) is 0 Å². The van der Waals surface area contributed by atoms with E-state index in [1.807, 2.05) is 0 Å². The maximum atomic E-state index is 10.6. The summed E-state index contributed by atoms with van der Waals surface area (Å²) in [4.78, 5) is 19.6. The lowest BCUT2D eigenvalue weighted by Crippen LogP contribution is -2.34. The average Bonchev–Trinajstić information content (AvgIpc) is 2.17. The molecule has 0 heterocycles. The lowest BCUT2D eigenvalue weighted by Gasteiger charge is -2.34. The van der Waals surface area contributed by atoms with Crippen molar-refractivity contribution in [3.05, 3.63) is 0 Å². The predicted molar refractivity (Wildman–Crippen MR) is 60.6 cm³/mol. The summed E-state index contributed by atoms with van der Waals surface area (Å²) in [6.07, 6.45) is 5.77. The molecule has 94 valence electrons. The van der Waals surface area contributed by atoms with Crippen molar-refractivity contribution in [3.63, 3.8) is 0 Å². The van der Waals surface area contributed by atoms with E-state index >= 15 is 0 Å². The highest BCUT2D eigenvalue weighted by Gasteiger charge is 2.32. The Morgan fingerprint density at radius 3 is 1.88 bits per heavy atom. The van der Waals surface area contributed by atoms with Crippen LogP contribution in [0, 0.1) is 5.41 Å². The van der Waals surface area contributed by atoms with Gasteiger partial charge in [-0.15, -0.1) is 0 Å². The maximum Gasteiger partial charge on any atom is 0.309 e. The number of amides is 2. The third-order valence-corrected chi connectivity index (χ3v) is 2.87. The van der Waals surface area contributed by atoms with Crippen molar-refractivity contribution in [1.82, 2.24) is 0 Å². The molecule has 7 N–H and O–H groups in total. The summed E-state index contributed by atoms with van der Waals surface area (Å²) in [5, 5.41) is 8.71. The monoisotopic (exact) mass is 231 g/mol. The van der Waals surface area contributed by atoms with Gasteiger partial charge in [0, 0.05) is 0 Å². The second-order valence-electron chi connectivity index (χ2n) is 4.24. The fraction of sp³-hybridized carbons (Fsp3) is 0.800. The van der Waals surface area contributed by atoms with Crippen LogP contribution < -0.4 is 17.2 Å². The van der Waals surface area contributed by atoms with E-state index in [1.54, 1.807) is 0 Å². The van der Waals surface area contributed by atoms with Gasteiger partial charge < -0.3 is 22.3 Å². The Hall–Kier alpha value is -1.30. The van der Waals surface area contributed by atoms with E-state index in [9.17, 15) is 4.79 Å². The highest BCUT2D eigenvalue weighted by molar-refractivity contribution is 5.69. The molecule has 0 atom stereocenters. The molecule has 1 fully saturated rings. The summed E-state index contributed by atoms with van der Waals surface area (Å²) < 4.78 is 0. The van der Waals surface area contributed by atoms with E-state index < -0.39 is 12.0 Å². The highest BCUT2D eigenvalue weighted by Crippen LogP contribution is 2.38. The molecule has 2 amide bonds. The van der Waals surface area contributed by atoms with Gasteiger partial charge in [0.25, 0.3) is 0 Å². The normalized spacial score (nSPS) is 18.1. The van der Waals surface area contributed by atoms with Gasteiger partial charge in [-0.05, 0) is 24.8 Å². The minimum atomic E-state index is -0.833. The van der Waals surface area contributed by atoms with E-state index in [-0.39, 0.29) is 11.8 Å². The summed E-state index contributed by atoms with van der Waals surface area (Å²) >= 11 is 0. The summed E-state index contributed by atoms with van der Waals surface area (Å²) in [5.74, 6) is -0.706. The van der Waals surface area contributed by atoms with Gasteiger partial charge in [-0.1, -0.05) is 19.3 Å². The van der Waals surface area contributed by atoms with E-state index in [0.717, 1.165) is 25.7 Å². The van der Waals surface area contributed by atoms with Crippen molar-refractivity contribution in [2.45, 2.75) is 38.5 Å². The zero-order chi connectivity index (χ0) is 12.6. The molecule has 0 bridgehead atoms. The number of rotatable bonds is 3. The number of hydrogen-bond acceptors (Lipinski definition) is 3. The van der Waals surface area contributed by atoms with E-state index in [0.29, 0.717) is 6.54 Å². The van der Waals surface area contributed by atoms with Crippen LogP contribution in [-0.4, -0.2) is 23.7 Å². The number of nitrogens with two attached hydrogens (primary N) is 3. The number of aliphatic carboxylic acids is 1. The first-order chi connectivity index (χ1) is 7.42. The standard InChI is InChI=1S/C9H17NO2.CH4N2O/c10-7-9(6-8(11)12)4-2-1-3-5-9;2-1(3)4/h1-7,10H2,(H,11,12);(H4,2,3,4). The second-order valence-corrected chi connectivity index (χ2v) is 4.24. The Labute approximate surface area is 95.2 Å². The lowest BCUT2D eigenvalue weighted by atomic mass is 9.72. The molecule has 0 aromatic heterocycles. The van der Waals surface area contributed by atoms with Gasteiger partial charge in [0.2, 0.25) is 0 Å². The van der Waals surface area contributed by atoms with Crippen LogP contribution in [-0.2, 0) is 4.79 Å². The number of hydrogen-bond donors (Lipinski definition) is 4. The van der Waals surface area contributed by atoms with Gasteiger partial charge in [-0.25, -0.2) is 4.79 Å². The van der Waals surface area contributed by atoms with Gasteiger partial charge in [0.05, 0.1) is 6.42 Å². The second kappa shape index (κ2) is 7.05. The molecule has 0 spiro atoms. The Morgan fingerprint density at radius 1 is 1.12 bits per heavy atom. The zero-order valence-electron chi connectivity index (χ0n) is 9.45. The molecule has 0 unspecified atom stereocenters. The van der Waals surface area contributed by atoms with E-state index in [1.165, 1.54) is 6.42 Å².